The van der Waals surface area contributed by atoms with Crippen molar-refractivity contribution in [2.45, 2.75) is 31.6 Å². The Morgan fingerprint density at radius 1 is 1.21 bits per heavy atom. The minimum absolute atomic E-state index is 0.0777. The van der Waals surface area contributed by atoms with Crippen molar-refractivity contribution in [1.29, 1.82) is 0 Å². The van der Waals surface area contributed by atoms with Gasteiger partial charge in [-0.2, -0.15) is 0 Å². The molecule has 2 amide bonds. The Kier molecular flexibility index (Phi) is 7.86. The number of phenolic OH excluding ortho intramolecular Hbond substituents is 1. The molecule has 0 bridgehead atoms. The summed E-state index contributed by atoms with van der Waals surface area (Å²) in [5.41, 5.74) is 6.46. The fraction of sp³-hybridized carbons (Fsp3) is 0.273. The lowest BCUT2D eigenvalue weighted by Crippen LogP contribution is -2.42. The van der Waals surface area contributed by atoms with E-state index < -0.39 is 35.9 Å². The van der Waals surface area contributed by atoms with E-state index in [4.69, 9.17) is 32.0 Å². The van der Waals surface area contributed by atoms with Crippen molar-refractivity contribution < 1.29 is 34.2 Å². The van der Waals surface area contributed by atoms with Crippen LogP contribution in [0, 0.1) is 0 Å². The molecule has 1 unspecified atom stereocenters. The second-order valence-corrected chi connectivity index (χ2v) is 7.79. The van der Waals surface area contributed by atoms with E-state index in [0.29, 0.717) is 11.1 Å². The topological polar surface area (TPSA) is 152 Å². The first-order valence-electron chi connectivity index (χ1n) is 9.95. The molecule has 0 fully saturated rings. The highest BCUT2D eigenvalue weighted by molar-refractivity contribution is 6.65. The first-order valence-corrected chi connectivity index (χ1v) is 10.3. The number of oxime groups is 1. The van der Waals surface area contributed by atoms with E-state index in [0.717, 1.165) is 4.90 Å². The molecular weight excluding hydrogens is 454 g/mol. The maximum Gasteiger partial charge on any atom is 0.417 e. The number of aliphatic carboxylic acids is 1. The first-order chi connectivity index (χ1) is 15.7. The van der Waals surface area contributed by atoms with E-state index in [1.165, 1.54) is 18.2 Å². The maximum atomic E-state index is 13.3. The van der Waals surface area contributed by atoms with Crippen LogP contribution in [0.1, 0.15) is 27.9 Å². The minimum Gasteiger partial charge on any atom is -0.507 e. The third-order valence-corrected chi connectivity index (χ3v) is 5.04. The summed E-state index contributed by atoms with van der Waals surface area (Å²) in [7, 11) is 0. The summed E-state index contributed by atoms with van der Waals surface area (Å²) >= 11 is 5.83. The van der Waals surface area contributed by atoms with Gasteiger partial charge in [-0.05, 0) is 29.7 Å². The van der Waals surface area contributed by atoms with E-state index in [-0.39, 0.29) is 36.7 Å². The van der Waals surface area contributed by atoms with Crippen molar-refractivity contribution in [2.75, 3.05) is 6.54 Å². The summed E-state index contributed by atoms with van der Waals surface area (Å²) in [6.07, 6.45) is -1.53. The second-order valence-electron chi connectivity index (χ2n) is 7.36. The van der Waals surface area contributed by atoms with E-state index >= 15 is 0 Å². The van der Waals surface area contributed by atoms with Gasteiger partial charge in [0.15, 0.2) is 6.10 Å². The summed E-state index contributed by atoms with van der Waals surface area (Å²) in [4.78, 5) is 43.1. The van der Waals surface area contributed by atoms with Crippen LogP contribution in [0.4, 0.5) is 4.79 Å². The molecular formula is C22H22ClN3O7. The molecule has 1 aliphatic heterocycles. The lowest BCUT2D eigenvalue weighted by Gasteiger charge is -2.23. The number of aromatic hydroxyl groups is 1. The first kappa shape index (κ1) is 24.0. The van der Waals surface area contributed by atoms with Crippen LogP contribution in [0.25, 0.3) is 0 Å². The van der Waals surface area contributed by atoms with E-state index in [1.54, 1.807) is 24.3 Å². The SMILES string of the molecule is N[C@@H](Cc1ccc(O)c(C(=O)N(CC2CC(Cl)=NO2)C(=O)OCc2ccccc2)c1)C(=O)O. The van der Waals surface area contributed by atoms with E-state index in [1.807, 2.05) is 6.07 Å². The van der Waals surface area contributed by atoms with Gasteiger partial charge in [-0.15, -0.1) is 0 Å². The number of nitrogens with zero attached hydrogens (tertiary/aromatic N) is 2. The van der Waals surface area contributed by atoms with Crippen LogP contribution in [0.5, 0.6) is 5.75 Å². The third-order valence-electron chi connectivity index (χ3n) is 4.82. The molecule has 3 rings (SSSR count). The standard InChI is InChI=1S/C22H22ClN3O7/c23-19-10-15(33-25-19)11-26(22(31)32-12-13-4-2-1-3-5-13)20(28)16-8-14(6-7-18(16)27)9-17(24)21(29)30/h1-8,15,17,27H,9-12,24H2,(H,29,30)/t15?,17-/m0/s1. The number of halogens is 1. The monoisotopic (exact) mass is 475 g/mol. The molecule has 1 heterocycles. The quantitative estimate of drug-likeness (QED) is 0.526. The highest BCUT2D eigenvalue weighted by atomic mass is 35.5. The van der Waals surface area contributed by atoms with Crippen molar-refractivity contribution in [3.05, 3.63) is 65.2 Å². The Balaban J connectivity index is 1.82. The molecule has 2 atom stereocenters. The van der Waals surface area contributed by atoms with Crippen molar-refractivity contribution in [3.63, 3.8) is 0 Å². The highest BCUT2D eigenvalue weighted by Gasteiger charge is 2.32. The molecule has 0 aromatic heterocycles. The summed E-state index contributed by atoms with van der Waals surface area (Å²) in [6, 6.07) is 11.7. The van der Waals surface area contributed by atoms with Crippen LogP contribution in [-0.4, -0.2) is 56.9 Å². The fourth-order valence-corrected chi connectivity index (χ4v) is 3.31. The van der Waals surface area contributed by atoms with Crippen LogP contribution < -0.4 is 5.73 Å². The number of amides is 2. The average Bonchev–Trinajstić information content (AvgIpc) is 3.22. The average molecular weight is 476 g/mol. The highest BCUT2D eigenvalue weighted by Crippen LogP contribution is 2.23. The smallest absolute Gasteiger partial charge is 0.417 e. The van der Waals surface area contributed by atoms with Crippen LogP contribution in [0.3, 0.4) is 0 Å². The van der Waals surface area contributed by atoms with Crippen molar-refractivity contribution in [2.24, 2.45) is 10.9 Å². The van der Waals surface area contributed by atoms with Gasteiger partial charge in [0.1, 0.15) is 23.6 Å². The predicted molar refractivity (Wildman–Crippen MR) is 118 cm³/mol. The molecule has 10 nitrogen and oxygen atoms in total. The van der Waals surface area contributed by atoms with Gasteiger partial charge in [0, 0.05) is 6.42 Å². The molecule has 174 valence electrons. The fourth-order valence-electron chi connectivity index (χ4n) is 3.10. The normalized spacial score (nSPS) is 15.8. The predicted octanol–water partition coefficient (Wildman–Crippen LogP) is 2.47. The van der Waals surface area contributed by atoms with Gasteiger partial charge >= 0.3 is 12.1 Å². The number of carboxylic acid groups (broad SMARTS) is 1. The number of benzene rings is 2. The van der Waals surface area contributed by atoms with Gasteiger partial charge in [0.2, 0.25) is 0 Å². The Hall–Kier alpha value is -3.63. The summed E-state index contributed by atoms with van der Waals surface area (Å²) in [5.74, 6) is -2.46. The van der Waals surface area contributed by atoms with Gasteiger partial charge in [0.25, 0.3) is 5.91 Å². The van der Waals surface area contributed by atoms with Gasteiger partial charge in [-0.25, -0.2) is 9.69 Å². The summed E-state index contributed by atoms with van der Waals surface area (Å²) < 4.78 is 5.30. The number of hydrogen-bond donors (Lipinski definition) is 3. The van der Waals surface area contributed by atoms with Crippen molar-refractivity contribution in [1.82, 2.24) is 4.90 Å². The number of carboxylic acids is 1. The van der Waals surface area contributed by atoms with Crippen molar-refractivity contribution in [3.8, 4) is 5.75 Å². The molecule has 33 heavy (non-hydrogen) atoms. The molecule has 0 saturated heterocycles. The van der Waals surface area contributed by atoms with Crippen LogP contribution in [0.2, 0.25) is 0 Å². The molecule has 2 aromatic carbocycles. The largest absolute Gasteiger partial charge is 0.507 e. The van der Waals surface area contributed by atoms with E-state index in [9.17, 15) is 19.5 Å². The lowest BCUT2D eigenvalue weighted by molar-refractivity contribution is -0.138. The number of nitrogens with two attached hydrogens (primary N) is 1. The van der Waals surface area contributed by atoms with Crippen LogP contribution in [-0.2, 0) is 27.4 Å². The number of ether oxygens (including phenoxy) is 1. The van der Waals surface area contributed by atoms with Gasteiger partial charge in [0.05, 0.1) is 12.1 Å². The molecule has 0 spiro atoms. The number of rotatable bonds is 8. The Labute approximate surface area is 194 Å². The van der Waals surface area contributed by atoms with Gasteiger partial charge in [-0.3, -0.25) is 9.59 Å². The van der Waals surface area contributed by atoms with Crippen LogP contribution >= 0.6 is 11.6 Å². The molecule has 11 heteroatoms. The van der Waals surface area contributed by atoms with Gasteiger partial charge in [-0.1, -0.05) is 53.2 Å². The second kappa shape index (κ2) is 10.8. The Morgan fingerprint density at radius 2 is 1.94 bits per heavy atom. The zero-order chi connectivity index (χ0) is 24.0. The molecule has 1 aliphatic rings. The zero-order valence-electron chi connectivity index (χ0n) is 17.4. The van der Waals surface area contributed by atoms with Gasteiger partial charge < -0.3 is 25.5 Å². The van der Waals surface area contributed by atoms with Crippen LogP contribution in [0.15, 0.2) is 53.7 Å². The Morgan fingerprint density at radius 3 is 2.58 bits per heavy atom. The summed E-state index contributed by atoms with van der Waals surface area (Å²) in [5, 5.41) is 23.1. The lowest BCUT2D eigenvalue weighted by atomic mass is 10.0. The number of hydrogen-bond acceptors (Lipinski definition) is 8. The zero-order valence-corrected chi connectivity index (χ0v) is 18.1. The number of carbonyl (C=O) groups is 3. The summed E-state index contributed by atoms with van der Waals surface area (Å²) in [6.45, 7) is -0.309. The number of carbonyl (C=O) groups excluding carboxylic acids is 2. The number of phenols is 1. The molecule has 0 aliphatic carbocycles. The Bertz CT molecular complexity index is 1060. The third kappa shape index (κ3) is 6.43. The van der Waals surface area contributed by atoms with E-state index in [2.05, 4.69) is 5.16 Å². The number of imide groups is 1. The molecule has 4 N–H and O–H groups in total. The maximum absolute atomic E-state index is 13.3. The molecule has 0 saturated carbocycles. The molecule has 2 aromatic rings. The minimum atomic E-state index is -1.21. The molecule has 0 radical (unpaired) electrons. The van der Waals surface area contributed by atoms with Crippen molar-refractivity contribution >= 4 is 34.7 Å².